The van der Waals surface area contributed by atoms with Gasteiger partial charge >= 0.3 is 0 Å². The van der Waals surface area contributed by atoms with Crippen LogP contribution in [-0.4, -0.2) is 61.0 Å². The Morgan fingerprint density at radius 2 is 1.22 bits per heavy atom. The maximum absolute atomic E-state index is 12.2. The Hall–Kier alpha value is -1.10. The predicted octanol–water partition coefficient (Wildman–Crippen LogP) is 2.30. The molecular weight excluding hydrogens is 292 g/mol. The third-order valence-electron chi connectivity index (χ3n) is 5.19. The topological polar surface area (TPSA) is 49.9 Å². The first kappa shape index (κ1) is 18.2. The molecule has 0 aromatic heterocycles. The molecule has 0 saturated carbocycles. The Morgan fingerprint density at radius 1 is 0.783 bits per heavy atom. The van der Waals surface area contributed by atoms with Crippen molar-refractivity contribution in [2.45, 2.75) is 52.4 Å². The van der Waals surface area contributed by atoms with Crippen molar-refractivity contribution in [1.29, 1.82) is 0 Å². The minimum atomic E-state index is 0.0244. The van der Waals surface area contributed by atoms with Crippen LogP contribution in [0.3, 0.4) is 0 Å². The van der Waals surface area contributed by atoms with E-state index in [9.17, 15) is 9.59 Å². The van der Waals surface area contributed by atoms with Crippen molar-refractivity contribution in [3.63, 3.8) is 0 Å². The minimum absolute atomic E-state index is 0.0244. The summed E-state index contributed by atoms with van der Waals surface area (Å²) in [5.74, 6) is 1.44. The molecule has 2 saturated heterocycles. The quantitative estimate of drug-likeness (QED) is 0.797. The van der Waals surface area contributed by atoms with Gasteiger partial charge in [-0.2, -0.15) is 0 Å². The van der Waals surface area contributed by atoms with E-state index >= 15 is 0 Å². The summed E-state index contributed by atoms with van der Waals surface area (Å²) in [6, 6.07) is 0. The Balaban J connectivity index is 1.67. The maximum atomic E-state index is 12.2. The molecule has 0 unspecified atom stereocenters. The molecule has 2 heterocycles. The van der Waals surface area contributed by atoms with Crippen LogP contribution in [0.4, 0.5) is 0 Å². The van der Waals surface area contributed by atoms with Gasteiger partial charge in [0.2, 0.25) is 11.8 Å². The van der Waals surface area contributed by atoms with E-state index in [4.69, 9.17) is 4.74 Å². The highest BCUT2D eigenvalue weighted by Crippen LogP contribution is 2.17. The van der Waals surface area contributed by atoms with E-state index in [1.54, 1.807) is 0 Å². The number of carbonyl (C=O) groups excluding carboxylic acids is 2. The first-order valence-corrected chi connectivity index (χ1v) is 9.19. The van der Waals surface area contributed by atoms with Gasteiger partial charge in [-0.05, 0) is 50.4 Å². The summed E-state index contributed by atoms with van der Waals surface area (Å²) in [6.45, 7) is 7.84. The van der Waals surface area contributed by atoms with Gasteiger partial charge < -0.3 is 14.5 Å². The molecule has 5 nitrogen and oxygen atoms in total. The molecule has 5 heteroatoms. The van der Waals surface area contributed by atoms with E-state index in [-0.39, 0.29) is 25.0 Å². The molecule has 0 aliphatic carbocycles. The van der Waals surface area contributed by atoms with Gasteiger partial charge in [-0.3, -0.25) is 9.59 Å². The number of nitrogens with zero attached hydrogens (tertiary/aromatic N) is 2. The molecule has 23 heavy (non-hydrogen) atoms. The van der Waals surface area contributed by atoms with Gasteiger partial charge in [0.15, 0.2) is 0 Å². The van der Waals surface area contributed by atoms with E-state index in [1.165, 1.54) is 12.8 Å². The van der Waals surface area contributed by atoms with Crippen molar-refractivity contribution in [1.82, 2.24) is 9.80 Å². The van der Waals surface area contributed by atoms with Crippen molar-refractivity contribution < 1.29 is 14.3 Å². The highest BCUT2D eigenvalue weighted by Gasteiger charge is 2.21. The van der Waals surface area contributed by atoms with Crippen molar-refractivity contribution in [2.75, 3.05) is 39.4 Å². The maximum Gasteiger partial charge on any atom is 0.248 e. The zero-order chi connectivity index (χ0) is 16.7. The SMILES string of the molecule is C[C@H]1CCCN(C(=O)COCC(=O)N2CCC[C@H](C)CC2)CC1. The number of carbonyl (C=O) groups is 2. The van der Waals surface area contributed by atoms with Crippen molar-refractivity contribution >= 4 is 11.8 Å². The largest absolute Gasteiger partial charge is 0.362 e. The summed E-state index contributed by atoms with van der Waals surface area (Å²) >= 11 is 0. The average molecular weight is 324 g/mol. The van der Waals surface area contributed by atoms with Crippen LogP contribution >= 0.6 is 0 Å². The molecule has 2 aliphatic rings. The van der Waals surface area contributed by atoms with Gasteiger partial charge in [0.05, 0.1) is 0 Å². The molecular formula is C18H32N2O3. The second-order valence-electron chi connectivity index (χ2n) is 7.33. The minimum Gasteiger partial charge on any atom is -0.362 e. The highest BCUT2D eigenvalue weighted by molar-refractivity contribution is 5.79. The zero-order valence-corrected chi connectivity index (χ0v) is 14.8. The molecule has 132 valence electrons. The van der Waals surface area contributed by atoms with Gasteiger partial charge in [0.1, 0.15) is 13.2 Å². The molecule has 2 rings (SSSR count). The molecule has 0 aromatic carbocycles. The number of amides is 2. The lowest BCUT2D eigenvalue weighted by Crippen LogP contribution is -2.38. The normalized spacial score (nSPS) is 26.5. The first-order chi connectivity index (χ1) is 11.1. The molecule has 2 fully saturated rings. The van der Waals surface area contributed by atoms with Crippen LogP contribution in [0, 0.1) is 11.8 Å². The lowest BCUT2D eigenvalue weighted by molar-refractivity contribution is -0.142. The van der Waals surface area contributed by atoms with E-state index in [0.29, 0.717) is 11.8 Å². The van der Waals surface area contributed by atoms with Crippen LogP contribution < -0.4 is 0 Å². The lowest BCUT2D eigenvalue weighted by Gasteiger charge is -2.22. The molecule has 0 aromatic rings. The number of ether oxygens (including phenoxy) is 1. The lowest BCUT2D eigenvalue weighted by atomic mass is 10.0. The smallest absolute Gasteiger partial charge is 0.248 e. The molecule has 2 amide bonds. The zero-order valence-electron chi connectivity index (χ0n) is 14.8. The fourth-order valence-electron chi connectivity index (χ4n) is 3.43. The summed E-state index contributed by atoms with van der Waals surface area (Å²) in [5, 5.41) is 0. The van der Waals surface area contributed by atoms with Gasteiger partial charge in [-0.25, -0.2) is 0 Å². The Labute approximate surface area is 140 Å². The second-order valence-corrected chi connectivity index (χ2v) is 7.33. The van der Waals surface area contributed by atoms with Crippen LogP contribution in [0.2, 0.25) is 0 Å². The van der Waals surface area contributed by atoms with Crippen LogP contribution in [0.5, 0.6) is 0 Å². The Bertz CT molecular complexity index is 364. The third-order valence-corrected chi connectivity index (χ3v) is 5.19. The summed E-state index contributed by atoms with van der Waals surface area (Å²) < 4.78 is 5.42. The number of likely N-dealkylation sites (tertiary alicyclic amines) is 2. The standard InChI is InChI=1S/C18H32N2O3/c1-15-5-3-9-19(11-7-15)17(21)13-23-14-18(22)20-10-4-6-16(2)8-12-20/h15-16H,3-14H2,1-2H3/t15-,16-/m0/s1. The fourth-order valence-corrected chi connectivity index (χ4v) is 3.43. The van der Waals surface area contributed by atoms with Crippen molar-refractivity contribution in [3.05, 3.63) is 0 Å². The number of hydrogen-bond acceptors (Lipinski definition) is 3. The first-order valence-electron chi connectivity index (χ1n) is 9.19. The Morgan fingerprint density at radius 3 is 1.65 bits per heavy atom. The van der Waals surface area contributed by atoms with E-state index in [2.05, 4.69) is 13.8 Å². The summed E-state index contributed by atoms with van der Waals surface area (Å²) in [4.78, 5) is 28.2. The third kappa shape index (κ3) is 6.13. The monoisotopic (exact) mass is 324 g/mol. The van der Waals surface area contributed by atoms with E-state index in [1.807, 2.05) is 9.80 Å². The molecule has 0 spiro atoms. The predicted molar refractivity (Wildman–Crippen MR) is 90.0 cm³/mol. The molecule has 0 radical (unpaired) electrons. The van der Waals surface area contributed by atoms with Gasteiger partial charge in [-0.15, -0.1) is 0 Å². The van der Waals surface area contributed by atoms with Gasteiger partial charge in [0, 0.05) is 26.2 Å². The molecule has 2 atom stereocenters. The second kappa shape index (κ2) is 9.26. The van der Waals surface area contributed by atoms with Gasteiger partial charge in [0.25, 0.3) is 0 Å². The van der Waals surface area contributed by atoms with Crippen LogP contribution in [0.25, 0.3) is 0 Å². The highest BCUT2D eigenvalue weighted by atomic mass is 16.5. The molecule has 0 N–H and O–H groups in total. The summed E-state index contributed by atoms with van der Waals surface area (Å²) in [6.07, 6.45) is 6.65. The van der Waals surface area contributed by atoms with E-state index < -0.39 is 0 Å². The van der Waals surface area contributed by atoms with Crippen molar-refractivity contribution in [2.24, 2.45) is 11.8 Å². The van der Waals surface area contributed by atoms with Crippen LogP contribution in [-0.2, 0) is 14.3 Å². The fraction of sp³-hybridized carbons (Fsp3) is 0.889. The number of hydrogen-bond donors (Lipinski definition) is 0. The average Bonchev–Trinajstić information content (AvgIpc) is 2.87. The summed E-state index contributed by atoms with van der Waals surface area (Å²) in [5.41, 5.74) is 0. The van der Waals surface area contributed by atoms with E-state index in [0.717, 1.165) is 51.9 Å². The molecule has 0 bridgehead atoms. The van der Waals surface area contributed by atoms with Crippen LogP contribution in [0.15, 0.2) is 0 Å². The van der Waals surface area contributed by atoms with Crippen molar-refractivity contribution in [3.8, 4) is 0 Å². The number of rotatable bonds is 4. The van der Waals surface area contributed by atoms with Gasteiger partial charge in [-0.1, -0.05) is 13.8 Å². The Kier molecular flexibility index (Phi) is 7.34. The summed E-state index contributed by atoms with van der Waals surface area (Å²) in [7, 11) is 0. The molecule has 2 aliphatic heterocycles. The van der Waals surface area contributed by atoms with Crippen LogP contribution in [0.1, 0.15) is 52.4 Å².